The van der Waals surface area contributed by atoms with E-state index in [2.05, 4.69) is 0 Å². The standard InChI is InChI=1S/C6H12O4/c1-3-5(8)6(9)4(7)2-10-3/h3-9H,2H2,1H3/t3?,4-,5?,6+/m1/s1. The zero-order valence-electron chi connectivity index (χ0n) is 5.77. The molecule has 1 heterocycles. The van der Waals surface area contributed by atoms with Gasteiger partial charge in [0.1, 0.15) is 18.3 Å². The molecule has 2 unspecified atom stereocenters. The minimum absolute atomic E-state index is 0.0966. The van der Waals surface area contributed by atoms with E-state index < -0.39 is 24.4 Å². The highest BCUT2D eigenvalue weighted by atomic mass is 16.5. The average Bonchev–Trinajstić information content (AvgIpc) is 1.93. The van der Waals surface area contributed by atoms with Crippen molar-refractivity contribution in [3.05, 3.63) is 0 Å². The van der Waals surface area contributed by atoms with Gasteiger partial charge in [-0.3, -0.25) is 0 Å². The van der Waals surface area contributed by atoms with Crippen molar-refractivity contribution in [2.24, 2.45) is 0 Å². The van der Waals surface area contributed by atoms with Gasteiger partial charge in [-0.1, -0.05) is 0 Å². The molecule has 1 rings (SSSR count). The van der Waals surface area contributed by atoms with Crippen LogP contribution >= 0.6 is 0 Å². The summed E-state index contributed by atoms with van der Waals surface area (Å²) >= 11 is 0. The smallest absolute Gasteiger partial charge is 0.110 e. The molecule has 0 aliphatic carbocycles. The molecule has 4 heteroatoms. The van der Waals surface area contributed by atoms with Gasteiger partial charge in [-0.15, -0.1) is 0 Å². The van der Waals surface area contributed by atoms with Crippen LogP contribution in [0.15, 0.2) is 0 Å². The second kappa shape index (κ2) is 2.84. The fraction of sp³-hybridized carbons (Fsp3) is 1.00. The van der Waals surface area contributed by atoms with E-state index in [0.29, 0.717) is 0 Å². The van der Waals surface area contributed by atoms with Gasteiger partial charge < -0.3 is 20.1 Å². The van der Waals surface area contributed by atoms with Crippen molar-refractivity contribution in [2.45, 2.75) is 31.3 Å². The van der Waals surface area contributed by atoms with Gasteiger partial charge in [0.05, 0.1) is 12.7 Å². The van der Waals surface area contributed by atoms with Crippen LogP contribution in [0.25, 0.3) is 0 Å². The average molecular weight is 148 g/mol. The second-order valence-corrected chi connectivity index (χ2v) is 2.59. The summed E-state index contributed by atoms with van der Waals surface area (Å²) in [4.78, 5) is 0. The molecule has 4 atom stereocenters. The maximum Gasteiger partial charge on any atom is 0.110 e. The van der Waals surface area contributed by atoms with E-state index in [-0.39, 0.29) is 6.61 Å². The lowest BCUT2D eigenvalue weighted by atomic mass is 10.0. The third-order valence-electron chi connectivity index (χ3n) is 1.75. The lowest BCUT2D eigenvalue weighted by molar-refractivity contribution is -0.181. The molecule has 0 aromatic rings. The van der Waals surface area contributed by atoms with Gasteiger partial charge >= 0.3 is 0 Å². The third-order valence-corrected chi connectivity index (χ3v) is 1.75. The van der Waals surface area contributed by atoms with Crippen LogP contribution in [0.5, 0.6) is 0 Å². The van der Waals surface area contributed by atoms with E-state index in [9.17, 15) is 0 Å². The molecular formula is C6H12O4. The SMILES string of the molecule is CC1OC[C@@H](O)[C@H](O)C1O. The quantitative estimate of drug-likeness (QED) is 0.390. The molecule has 0 aromatic heterocycles. The first-order chi connectivity index (χ1) is 4.63. The van der Waals surface area contributed by atoms with E-state index >= 15 is 0 Å². The Hall–Kier alpha value is -0.160. The Labute approximate surface area is 59.1 Å². The van der Waals surface area contributed by atoms with Gasteiger partial charge in [-0.2, -0.15) is 0 Å². The van der Waals surface area contributed by atoms with Crippen LogP contribution in [0.2, 0.25) is 0 Å². The largest absolute Gasteiger partial charge is 0.388 e. The third kappa shape index (κ3) is 1.29. The van der Waals surface area contributed by atoms with Crippen molar-refractivity contribution >= 4 is 0 Å². The zero-order valence-corrected chi connectivity index (χ0v) is 5.77. The molecule has 0 aromatic carbocycles. The number of hydrogen-bond acceptors (Lipinski definition) is 4. The van der Waals surface area contributed by atoms with Gasteiger partial charge in [-0.25, -0.2) is 0 Å². The summed E-state index contributed by atoms with van der Waals surface area (Å²) in [5.74, 6) is 0. The number of hydrogen-bond donors (Lipinski definition) is 3. The van der Waals surface area contributed by atoms with Crippen molar-refractivity contribution < 1.29 is 20.1 Å². The Kier molecular flexibility index (Phi) is 2.25. The molecule has 0 radical (unpaired) electrons. The number of aliphatic hydroxyl groups is 3. The maximum atomic E-state index is 9.08. The molecule has 0 bridgehead atoms. The van der Waals surface area contributed by atoms with E-state index in [4.69, 9.17) is 20.1 Å². The minimum atomic E-state index is -1.07. The molecule has 1 fully saturated rings. The lowest BCUT2D eigenvalue weighted by Gasteiger charge is -2.33. The first-order valence-electron chi connectivity index (χ1n) is 3.28. The molecule has 10 heavy (non-hydrogen) atoms. The van der Waals surface area contributed by atoms with Crippen LogP contribution in [-0.2, 0) is 4.74 Å². The Balaban J connectivity index is 2.52. The van der Waals surface area contributed by atoms with Crippen molar-refractivity contribution in [1.82, 2.24) is 0 Å². The molecule has 60 valence electrons. The summed E-state index contributed by atoms with van der Waals surface area (Å²) in [5.41, 5.74) is 0. The summed E-state index contributed by atoms with van der Waals surface area (Å²) in [7, 11) is 0. The molecule has 0 amide bonds. The van der Waals surface area contributed by atoms with Crippen LogP contribution in [-0.4, -0.2) is 46.3 Å². The first kappa shape index (κ1) is 7.94. The molecule has 0 saturated carbocycles. The van der Waals surface area contributed by atoms with E-state index in [1.165, 1.54) is 0 Å². The normalized spacial score (nSPS) is 49.2. The fourth-order valence-electron chi connectivity index (χ4n) is 0.953. The minimum Gasteiger partial charge on any atom is -0.388 e. The van der Waals surface area contributed by atoms with Gasteiger partial charge in [0.2, 0.25) is 0 Å². The Bertz CT molecular complexity index is 102. The number of aliphatic hydroxyl groups excluding tert-OH is 3. The molecule has 1 aliphatic heterocycles. The van der Waals surface area contributed by atoms with E-state index in [1.807, 2.05) is 0 Å². The zero-order chi connectivity index (χ0) is 7.72. The monoisotopic (exact) mass is 148 g/mol. The summed E-state index contributed by atoms with van der Waals surface area (Å²) in [6.45, 7) is 1.75. The van der Waals surface area contributed by atoms with Crippen LogP contribution in [0.1, 0.15) is 6.92 Å². The number of rotatable bonds is 0. The topological polar surface area (TPSA) is 69.9 Å². The molecule has 0 spiro atoms. The first-order valence-corrected chi connectivity index (χ1v) is 3.28. The molecular weight excluding hydrogens is 136 g/mol. The van der Waals surface area contributed by atoms with Crippen LogP contribution in [0.4, 0.5) is 0 Å². The van der Waals surface area contributed by atoms with Crippen LogP contribution < -0.4 is 0 Å². The Morgan fingerprint density at radius 3 is 2.30 bits per heavy atom. The Morgan fingerprint density at radius 2 is 1.80 bits per heavy atom. The second-order valence-electron chi connectivity index (χ2n) is 2.59. The summed E-state index contributed by atoms with van der Waals surface area (Å²) < 4.78 is 4.91. The summed E-state index contributed by atoms with van der Waals surface area (Å²) in [6.07, 6.45) is -3.38. The van der Waals surface area contributed by atoms with Gasteiger partial charge in [0.15, 0.2) is 0 Å². The van der Waals surface area contributed by atoms with E-state index in [1.54, 1.807) is 6.92 Å². The summed E-state index contributed by atoms with van der Waals surface area (Å²) in [5, 5.41) is 27.0. The van der Waals surface area contributed by atoms with Gasteiger partial charge in [0, 0.05) is 0 Å². The van der Waals surface area contributed by atoms with Crippen molar-refractivity contribution in [3.8, 4) is 0 Å². The highest BCUT2D eigenvalue weighted by Crippen LogP contribution is 2.14. The van der Waals surface area contributed by atoms with E-state index in [0.717, 1.165) is 0 Å². The van der Waals surface area contributed by atoms with Crippen molar-refractivity contribution in [3.63, 3.8) is 0 Å². The predicted octanol–water partition coefficient (Wildman–Crippen LogP) is -1.51. The molecule has 1 aliphatic rings. The fourth-order valence-corrected chi connectivity index (χ4v) is 0.953. The van der Waals surface area contributed by atoms with Gasteiger partial charge in [0.25, 0.3) is 0 Å². The highest BCUT2D eigenvalue weighted by Gasteiger charge is 2.34. The highest BCUT2D eigenvalue weighted by molar-refractivity contribution is 4.83. The lowest BCUT2D eigenvalue weighted by Crippen LogP contribution is -2.51. The van der Waals surface area contributed by atoms with Crippen molar-refractivity contribution in [2.75, 3.05) is 6.61 Å². The van der Waals surface area contributed by atoms with Crippen LogP contribution in [0.3, 0.4) is 0 Å². The Morgan fingerprint density at radius 1 is 1.20 bits per heavy atom. The molecule has 1 saturated heterocycles. The summed E-state index contributed by atoms with van der Waals surface area (Å²) in [6, 6.07) is 0. The maximum absolute atomic E-state index is 9.08. The van der Waals surface area contributed by atoms with Gasteiger partial charge in [-0.05, 0) is 6.92 Å². The molecule has 4 nitrogen and oxygen atoms in total. The molecule has 3 N–H and O–H groups in total. The number of ether oxygens (including phenoxy) is 1. The van der Waals surface area contributed by atoms with Crippen molar-refractivity contribution in [1.29, 1.82) is 0 Å². The predicted molar refractivity (Wildman–Crippen MR) is 33.4 cm³/mol. The van der Waals surface area contributed by atoms with Crippen LogP contribution in [0, 0.1) is 0 Å².